The first-order chi connectivity index (χ1) is 13.9. The maximum Gasteiger partial charge on any atom is 0.255 e. The van der Waals surface area contributed by atoms with E-state index in [9.17, 15) is 18.4 Å². The van der Waals surface area contributed by atoms with E-state index in [1.165, 1.54) is 0 Å². The Morgan fingerprint density at radius 3 is 2.34 bits per heavy atom. The quantitative estimate of drug-likeness (QED) is 0.653. The third kappa shape index (κ3) is 4.75. The highest BCUT2D eigenvalue weighted by molar-refractivity contribution is 6.33. The molecule has 3 rings (SSSR count). The Hall–Kier alpha value is -2.47. The van der Waals surface area contributed by atoms with Crippen molar-refractivity contribution in [2.24, 2.45) is 0 Å². The Balaban J connectivity index is 1.72. The normalized spacial score (nSPS) is 14.7. The van der Waals surface area contributed by atoms with E-state index in [2.05, 4.69) is 0 Å². The minimum Gasteiger partial charge on any atom is -0.338 e. The summed E-state index contributed by atoms with van der Waals surface area (Å²) in [4.78, 5) is 29.1. The molecule has 1 fully saturated rings. The highest BCUT2D eigenvalue weighted by Crippen LogP contribution is 2.25. The van der Waals surface area contributed by atoms with Crippen LogP contribution < -0.4 is 0 Å². The van der Waals surface area contributed by atoms with Gasteiger partial charge in [0.1, 0.15) is 0 Å². The molecule has 0 spiro atoms. The lowest BCUT2D eigenvalue weighted by Crippen LogP contribution is -2.49. The van der Waals surface area contributed by atoms with Gasteiger partial charge in [0.05, 0.1) is 10.6 Å². The van der Waals surface area contributed by atoms with Crippen LogP contribution in [0.15, 0.2) is 42.5 Å². The molecule has 0 radical (unpaired) electrons. The summed E-state index contributed by atoms with van der Waals surface area (Å²) in [6.45, 7) is 3.47. The van der Waals surface area contributed by atoms with Gasteiger partial charge in [-0.05, 0) is 43.5 Å². The van der Waals surface area contributed by atoms with Crippen LogP contribution in [-0.2, 0) is 0 Å². The molecule has 0 aliphatic carbocycles. The van der Waals surface area contributed by atoms with Gasteiger partial charge in [0.25, 0.3) is 11.8 Å². The van der Waals surface area contributed by atoms with Crippen molar-refractivity contribution in [3.05, 3.63) is 70.2 Å². The summed E-state index contributed by atoms with van der Waals surface area (Å²) in [5, 5.41) is -0.105. The molecule has 0 saturated carbocycles. The number of hydrogen-bond donors (Lipinski definition) is 0. The van der Waals surface area contributed by atoms with Gasteiger partial charge in [0.2, 0.25) is 0 Å². The van der Waals surface area contributed by atoms with E-state index in [0.717, 1.165) is 18.6 Å². The molecule has 1 aliphatic rings. The van der Waals surface area contributed by atoms with Crippen molar-refractivity contribution in [2.75, 3.05) is 19.6 Å². The molecule has 29 heavy (non-hydrogen) atoms. The molecule has 2 aromatic rings. The van der Waals surface area contributed by atoms with Crippen LogP contribution in [0.3, 0.4) is 0 Å². The standard InChI is InChI=1S/C22H23ClF2N2O2/c1-2-10-27(22(29)17-13-19(24)20(25)14-18(17)23)16-8-11-26(12-9-16)21(28)15-6-4-3-5-7-15/h3-7,13-14,16H,2,8-12H2,1H3. The van der Waals surface area contributed by atoms with E-state index in [1.807, 2.05) is 25.1 Å². The minimum absolute atomic E-state index is 0.0268. The van der Waals surface area contributed by atoms with Gasteiger partial charge in [-0.3, -0.25) is 9.59 Å². The topological polar surface area (TPSA) is 40.6 Å². The van der Waals surface area contributed by atoms with E-state index in [-0.39, 0.29) is 22.5 Å². The second-order valence-corrected chi connectivity index (χ2v) is 7.54. The lowest BCUT2D eigenvalue weighted by atomic mass is 10.0. The fraction of sp³-hybridized carbons (Fsp3) is 0.364. The largest absolute Gasteiger partial charge is 0.338 e. The van der Waals surface area contributed by atoms with Gasteiger partial charge in [0.15, 0.2) is 11.6 Å². The summed E-state index contributed by atoms with van der Waals surface area (Å²) in [6, 6.07) is 10.7. The fourth-order valence-corrected chi connectivity index (χ4v) is 3.91. The number of rotatable bonds is 5. The first-order valence-corrected chi connectivity index (χ1v) is 10.1. The number of likely N-dealkylation sites (tertiary alicyclic amines) is 1. The van der Waals surface area contributed by atoms with Crippen molar-refractivity contribution in [3.8, 4) is 0 Å². The Bertz CT molecular complexity index is 884. The zero-order valence-electron chi connectivity index (χ0n) is 16.2. The molecule has 4 nitrogen and oxygen atoms in total. The molecule has 2 amide bonds. The second kappa shape index (κ2) is 9.35. The monoisotopic (exact) mass is 420 g/mol. The molecule has 1 saturated heterocycles. The summed E-state index contributed by atoms with van der Waals surface area (Å²) in [5.74, 6) is -2.62. The Morgan fingerprint density at radius 1 is 1.10 bits per heavy atom. The minimum atomic E-state index is -1.10. The summed E-state index contributed by atoms with van der Waals surface area (Å²) in [6.07, 6.45) is 1.95. The summed E-state index contributed by atoms with van der Waals surface area (Å²) >= 11 is 6.01. The van der Waals surface area contributed by atoms with Gasteiger partial charge in [-0.1, -0.05) is 36.7 Å². The van der Waals surface area contributed by atoms with Crippen LogP contribution in [0.4, 0.5) is 8.78 Å². The Morgan fingerprint density at radius 2 is 1.72 bits per heavy atom. The number of halogens is 3. The molecule has 0 aromatic heterocycles. The van der Waals surface area contributed by atoms with Gasteiger partial charge in [0, 0.05) is 31.2 Å². The Labute approximate surface area is 174 Å². The number of nitrogens with zero attached hydrogens (tertiary/aromatic N) is 2. The number of carbonyl (C=O) groups excluding carboxylic acids is 2. The van der Waals surface area contributed by atoms with Gasteiger partial charge >= 0.3 is 0 Å². The molecule has 0 atom stereocenters. The highest BCUT2D eigenvalue weighted by atomic mass is 35.5. The highest BCUT2D eigenvalue weighted by Gasteiger charge is 2.31. The van der Waals surface area contributed by atoms with Gasteiger partial charge in [-0.2, -0.15) is 0 Å². The zero-order chi connectivity index (χ0) is 21.0. The van der Waals surface area contributed by atoms with Gasteiger partial charge in [-0.25, -0.2) is 8.78 Å². The number of benzene rings is 2. The third-order valence-corrected chi connectivity index (χ3v) is 5.49. The molecule has 7 heteroatoms. The number of piperidine rings is 1. The van der Waals surface area contributed by atoms with Crippen LogP contribution in [0, 0.1) is 11.6 Å². The van der Waals surface area contributed by atoms with E-state index >= 15 is 0 Å². The molecular weight excluding hydrogens is 398 g/mol. The predicted molar refractivity (Wildman–Crippen MR) is 108 cm³/mol. The number of hydrogen-bond acceptors (Lipinski definition) is 2. The van der Waals surface area contributed by atoms with Crippen LogP contribution in [0.25, 0.3) is 0 Å². The summed E-state index contributed by atoms with van der Waals surface area (Å²) in [7, 11) is 0. The molecular formula is C22H23ClF2N2O2. The van der Waals surface area contributed by atoms with E-state index in [1.54, 1.807) is 21.9 Å². The van der Waals surface area contributed by atoms with Crippen molar-refractivity contribution >= 4 is 23.4 Å². The first-order valence-electron chi connectivity index (χ1n) is 9.72. The molecule has 0 N–H and O–H groups in total. The van der Waals surface area contributed by atoms with Crippen molar-refractivity contribution < 1.29 is 18.4 Å². The summed E-state index contributed by atoms with van der Waals surface area (Å²) < 4.78 is 27.0. The fourth-order valence-electron chi connectivity index (χ4n) is 3.68. The van der Waals surface area contributed by atoms with E-state index < -0.39 is 17.5 Å². The molecule has 1 aliphatic heterocycles. The third-order valence-electron chi connectivity index (χ3n) is 5.18. The van der Waals surface area contributed by atoms with Gasteiger partial charge < -0.3 is 9.80 Å². The van der Waals surface area contributed by atoms with Gasteiger partial charge in [-0.15, -0.1) is 0 Å². The van der Waals surface area contributed by atoms with Crippen LogP contribution in [0.2, 0.25) is 5.02 Å². The second-order valence-electron chi connectivity index (χ2n) is 7.13. The average molecular weight is 421 g/mol. The smallest absolute Gasteiger partial charge is 0.255 e. The van der Waals surface area contributed by atoms with Crippen molar-refractivity contribution in [2.45, 2.75) is 32.2 Å². The molecule has 2 aromatic carbocycles. The molecule has 0 unspecified atom stereocenters. The lowest BCUT2D eigenvalue weighted by Gasteiger charge is -2.38. The molecule has 154 valence electrons. The number of amides is 2. The van der Waals surface area contributed by atoms with Crippen LogP contribution in [0.5, 0.6) is 0 Å². The SMILES string of the molecule is CCCN(C(=O)c1cc(F)c(F)cc1Cl)C1CCN(C(=O)c2ccccc2)CC1. The molecule has 1 heterocycles. The van der Waals surface area contributed by atoms with Crippen molar-refractivity contribution in [1.29, 1.82) is 0 Å². The predicted octanol–water partition coefficient (Wildman–Crippen LogP) is 4.78. The van der Waals surface area contributed by atoms with Crippen LogP contribution in [0.1, 0.15) is 46.9 Å². The number of carbonyl (C=O) groups is 2. The van der Waals surface area contributed by atoms with Crippen LogP contribution >= 0.6 is 11.6 Å². The lowest BCUT2D eigenvalue weighted by molar-refractivity contribution is 0.0519. The van der Waals surface area contributed by atoms with Crippen LogP contribution in [-0.4, -0.2) is 47.3 Å². The summed E-state index contributed by atoms with van der Waals surface area (Å²) in [5.41, 5.74) is 0.600. The van der Waals surface area contributed by atoms with E-state index in [4.69, 9.17) is 11.6 Å². The average Bonchev–Trinajstić information content (AvgIpc) is 2.74. The van der Waals surface area contributed by atoms with E-state index in [0.29, 0.717) is 38.0 Å². The Kier molecular flexibility index (Phi) is 6.85. The van der Waals surface area contributed by atoms with Crippen molar-refractivity contribution in [3.63, 3.8) is 0 Å². The molecule has 0 bridgehead atoms. The van der Waals surface area contributed by atoms with Crippen molar-refractivity contribution in [1.82, 2.24) is 9.80 Å². The first kappa shape index (κ1) is 21.2. The zero-order valence-corrected chi connectivity index (χ0v) is 17.0. The maximum absolute atomic E-state index is 13.7. The maximum atomic E-state index is 13.7.